The Morgan fingerprint density at radius 3 is 2.72 bits per heavy atom. The highest BCUT2D eigenvalue weighted by Crippen LogP contribution is 2.12. The van der Waals surface area contributed by atoms with Gasteiger partial charge in [0.1, 0.15) is 11.4 Å². The fourth-order valence-electron chi connectivity index (χ4n) is 2.22. The Morgan fingerprint density at radius 2 is 2.17 bits per heavy atom. The number of carbonyl (C=O) groups excluding carboxylic acids is 1. The molecule has 0 aliphatic carbocycles. The highest BCUT2D eigenvalue weighted by atomic mass is 16.2. The van der Waals surface area contributed by atoms with Crippen LogP contribution in [0.25, 0.3) is 0 Å². The number of rotatable bonds is 4. The predicted octanol–water partition coefficient (Wildman–Crippen LogP) is 0.170. The molecule has 0 unspecified atom stereocenters. The van der Waals surface area contributed by atoms with Crippen LogP contribution in [0.4, 0.5) is 5.82 Å². The van der Waals surface area contributed by atoms with Crippen molar-refractivity contribution < 1.29 is 4.79 Å². The fourth-order valence-corrected chi connectivity index (χ4v) is 2.22. The number of hydrogen-bond acceptors (Lipinski definition) is 4. The Morgan fingerprint density at radius 1 is 1.50 bits per heavy atom. The summed E-state index contributed by atoms with van der Waals surface area (Å²) in [7, 11) is 3.54. The van der Waals surface area contributed by atoms with Gasteiger partial charge in [-0.05, 0) is 25.9 Å². The number of aromatic nitrogens is 2. The van der Waals surface area contributed by atoms with Crippen molar-refractivity contribution in [2.24, 2.45) is 7.05 Å². The maximum Gasteiger partial charge on any atom is 0.259 e. The average Bonchev–Trinajstić information content (AvgIpc) is 2.97. The molecule has 1 aromatic rings. The maximum atomic E-state index is 12.2. The zero-order chi connectivity index (χ0) is 13.1. The van der Waals surface area contributed by atoms with Crippen LogP contribution in [0.5, 0.6) is 0 Å². The third kappa shape index (κ3) is 2.64. The molecule has 0 spiro atoms. The van der Waals surface area contributed by atoms with Gasteiger partial charge in [0.25, 0.3) is 5.91 Å². The van der Waals surface area contributed by atoms with Crippen LogP contribution in [0.3, 0.4) is 0 Å². The van der Waals surface area contributed by atoms with E-state index in [1.54, 1.807) is 11.9 Å². The van der Waals surface area contributed by atoms with E-state index in [2.05, 4.69) is 10.00 Å². The summed E-state index contributed by atoms with van der Waals surface area (Å²) in [4.78, 5) is 16.3. The molecular formula is C12H21N5O. The number of amides is 1. The molecule has 2 heterocycles. The van der Waals surface area contributed by atoms with E-state index >= 15 is 0 Å². The first-order chi connectivity index (χ1) is 8.59. The summed E-state index contributed by atoms with van der Waals surface area (Å²) in [5.41, 5.74) is 6.29. The molecule has 1 saturated heterocycles. The fraction of sp³-hybridized carbons (Fsp3) is 0.667. The highest BCUT2D eigenvalue weighted by molar-refractivity contribution is 5.98. The van der Waals surface area contributed by atoms with Crippen molar-refractivity contribution >= 4 is 11.7 Å². The lowest BCUT2D eigenvalue weighted by atomic mass is 10.3. The van der Waals surface area contributed by atoms with Crippen molar-refractivity contribution in [1.29, 1.82) is 0 Å². The van der Waals surface area contributed by atoms with Gasteiger partial charge in [-0.25, -0.2) is 0 Å². The molecule has 2 rings (SSSR count). The number of nitrogens with zero attached hydrogens (tertiary/aromatic N) is 4. The van der Waals surface area contributed by atoms with E-state index in [0.29, 0.717) is 11.4 Å². The van der Waals surface area contributed by atoms with Gasteiger partial charge in [-0.2, -0.15) is 5.10 Å². The third-order valence-corrected chi connectivity index (χ3v) is 3.51. The van der Waals surface area contributed by atoms with E-state index in [1.165, 1.54) is 23.7 Å². The van der Waals surface area contributed by atoms with Crippen LogP contribution in [0, 0.1) is 0 Å². The van der Waals surface area contributed by atoms with E-state index in [0.717, 1.165) is 26.2 Å². The van der Waals surface area contributed by atoms with Gasteiger partial charge in [0.05, 0.1) is 6.20 Å². The molecule has 18 heavy (non-hydrogen) atoms. The van der Waals surface area contributed by atoms with Crippen molar-refractivity contribution in [3.05, 3.63) is 11.8 Å². The summed E-state index contributed by atoms with van der Waals surface area (Å²) in [5.74, 6) is 0.368. The number of nitrogens with two attached hydrogens (primary N) is 1. The topological polar surface area (TPSA) is 67.4 Å². The van der Waals surface area contributed by atoms with E-state index in [9.17, 15) is 4.79 Å². The Hall–Kier alpha value is -1.56. The molecule has 6 heteroatoms. The lowest BCUT2D eigenvalue weighted by Crippen LogP contribution is -2.35. The summed E-state index contributed by atoms with van der Waals surface area (Å²) in [5, 5.41) is 3.99. The number of likely N-dealkylation sites (tertiary alicyclic amines) is 1. The molecular weight excluding hydrogens is 230 g/mol. The second-order valence-corrected chi connectivity index (χ2v) is 4.84. The van der Waals surface area contributed by atoms with Crippen LogP contribution in [0.1, 0.15) is 23.2 Å². The van der Waals surface area contributed by atoms with Gasteiger partial charge in [0, 0.05) is 27.2 Å². The monoisotopic (exact) mass is 251 g/mol. The van der Waals surface area contributed by atoms with Gasteiger partial charge < -0.3 is 15.5 Å². The highest BCUT2D eigenvalue weighted by Gasteiger charge is 2.19. The zero-order valence-corrected chi connectivity index (χ0v) is 11.1. The quantitative estimate of drug-likeness (QED) is 0.828. The summed E-state index contributed by atoms with van der Waals surface area (Å²) in [6.07, 6.45) is 4.07. The van der Waals surface area contributed by atoms with Crippen LogP contribution in [-0.4, -0.2) is 58.7 Å². The Balaban J connectivity index is 1.90. The Bertz CT molecular complexity index is 422. The van der Waals surface area contributed by atoms with Gasteiger partial charge in [-0.3, -0.25) is 9.48 Å². The minimum Gasteiger partial charge on any atom is -0.383 e. The Kier molecular flexibility index (Phi) is 3.86. The molecule has 0 bridgehead atoms. The van der Waals surface area contributed by atoms with E-state index in [1.807, 2.05) is 7.05 Å². The smallest absolute Gasteiger partial charge is 0.259 e. The summed E-state index contributed by atoms with van der Waals surface area (Å²) >= 11 is 0. The van der Waals surface area contributed by atoms with Gasteiger partial charge in [-0.1, -0.05) is 0 Å². The molecule has 2 N–H and O–H groups in total. The maximum absolute atomic E-state index is 12.2. The van der Waals surface area contributed by atoms with Crippen molar-refractivity contribution in [2.45, 2.75) is 12.8 Å². The second-order valence-electron chi connectivity index (χ2n) is 4.84. The number of likely N-dealkylation sites (N-methyl/N-ethyl adjacent to an activating group) is 1. The summed E-state index contributed by atoms with van der Waals surface area (Å²) < 4.78 is 1.52. The molecule has 0 atom stereocenters. The number of carbonyl (C=O) groups is 1. The SMILES string of the molecule is CN(CCN1CCCC1)C(=O)c1cnn(C)c1N. The van der Waals surface area contributed by atoms with Gasteiger partial charge >= 0.3 is 0 Å². The normalized spacial score (nSPS) is 16.1. The molecule has 1 aromatic heterocycles. The lowest BCUT2D eigenvalue weighted by Gasteiger charge is -2.21. The minimum atomic E-state index is -0.0557. The Labute approximate surface area is 107 Å². The van der Waals surface area contributed by atoms with E-state index in [4.69, 9.17) is 5.73 Å². The van der Waals surface area contributed by atoms with Crippen LogP contribution in [0.15, 0.2) is 6.20 Å². The van der Waals surface area contributed by atoms with E-state index in [-0.39, 0.29) is 5.91 Å². The van der Waals surface area contributed by atoms with Crippen molar-refractivity contribution in [3.8, 4) is 0 Å². The van der Waals surface area contributed by atoms with Crippen LogP contribution in [-0.2, 0) is 7.05 Å². The molecule has 100 valence electrons. The number of hydrogen-bond donors (Lipinski definition) is 1. The van der Waals surface area contributed by atoms with Gasteiger partial charge in [-0.15, -0.1) is 0 Å². The van der Waals surface area contributed by atoms with Crippen molar-refractivity contribution in [2.75, 3.05) is 39.0 Å². The minimum absolute atomic E-state index is 0.0557. The third-order valence-electron chi connectivity index (χ3n) is 3.51. The molecule has 1 aliphatic rings. The molecule has 1 fully saturated rings. The first-order valence-electron chi connectivity index (χ1n) is 6.35. The average molecular weight is 251 g/mol. The first kappa shape index (κ1) is 12.9. The largest absolute Gasteiger partial charge is 0.383 e. The van der Waals surface area contributed by atoms with Crippen LogP contribution in [0.2, 0.25) is 0 Å². The van der Waals surface area contributed by atoms with Gasteiger partial charge in [0.2, 0.25) is 0 Å². The van der Waals surface area contributed by atoms with Crippen LogP contribution < -0.4 is 5.73 Å². The predicted molar refractivity (Wildman–Crippen MR) is 70.3 cm³/mol. The molecule has 1 aliphatic heterocycles. The summed E-state index contributed by atoms with van der Waals surface area (Å²) in [6.45, 7) is 3.96. The molecule has 0 saturated carbocycles. The van der Waals surface area contributed by atoms with E-state index < -0.39 is 0 Å². The lowest BCUT2D eigenvalue weighted by molar-refractivity contribution is 0.0783. The molecule has 1 amide bonds. The standard InChI is InChI=1S/C12H21N5O/c1-15(7-8-17-5-3-4-6-17)12(18)10-9-14-16(2)11(10)13/h9H,3-8,13H2,1-2H3. The van der Waals surface area contributed by atoms with Crippen LogP contribution >= 0.6 is 0 Å². The number of anilines is 1. The van der Waals surface area contributed by atoms with Crippen molar-refractivity contribution in [3.63, 3.8) is 0 Å². The molecule has 0 radical (unpaired) electrons. The number of aryl methyl sites for hydroxylation is 1. The molecule has 0 aromatic carbocycles. The van der Waals surface area contributed by atoms with Gasteiger partial charge in [0.15, 0.2) is 0 Å². The first-order valence-corrected chi connectivity index (χ1v) is 6.35. The zero-order valence-electron chi connectivity index (χ0n) is 11.1. The van der Waals surface area contributed by atoms with Crippen molar-refractivity contribution in [1.82, 2.24) is 19.6 Å². The molecule has 6 nitrogen and oxygen atoms in total. The number of nitrogen functional groups attached to an aromatic ring is 1. The second kappa shape index (κ2) is 5.39. The summed E-state index contributed by atoms with van der Waals surface area (Å²) in [6, 6.07) is 0.